The Balaban J connectivity index is 2.32. The van der Waals surface area contributed by atoms with Gasteiger partial charge in [-0.25, -0.2) is 4.79 Å². The number of amides is 2. The zero-order valence-electron chi connectivity index (χ0n) is 18.7. The third-order valence-electron chi connectivity index (χ3n) is 4.63. The molecule has 0 aliphatic carbocycles. The van der Waals surface area contributed by atoms with Crippen molar-refractivity contribution in [2.45, 2.75) is 45.1 Å². The van der Waals surface area contributed by atoms with Crippen LogP contribution in [0.25, 0.3) is 0 Å². The molecule has 0 unspecified atom stereocenters. The monoisotopic (exact) mass is 508 g/mol. The Kier molecular flexibility index (Phi) is 13.3. The van der Waals surface area contributed by atoms with Gasteiger partial charge >= 0.3 is 5.97 Å². The van der Waals surface area contributed by atoms with E-state index >= 15 is 0 Å². The molecule has 0 aromatic carbocycles. The Morgan fingerprint density at radius 3 is 2.38 bits per heavy atom. The number of rotatable bonds is 16. The van der Waals surface area contributed by atoms with Gasteiger partial charge in [-0.2, -0.15) is 0 Å². The molecule has 0 saturated carbocycles. The minimum absolute atomic E-state index is 0.0319. The zero-order chi connectivity index (χ0) is 25.5. The molecule has 15 nitrogen and oxygen atoms in total. The lowest BCUT2D eigenvalue weighted by molar-refractivity contribution is -0.757. The summed E-state index contributed by atoms with van der Waals surface area (Å²) in [7, 11) is 0. The summed E-state index contributed by atoms with van der Waals surface area (Å²) in [6.07, 6.45) is 1.30. The molecule has 0 aromatic rings. The van der Waals surface area contributed by atoms with Crippen molar-refractivity contribution in [1.29, 1.82) is 0 Å². The van der Waals surface area contributed by atoms with Gasteiger partial charge in [-0.05, 0) is 19.3 Å². The van der Waals surface area contributed by atoms with Crippen molar-refractivity contribution in [3.8, 4) is 0 Å². The molecule has 2 atom stereocenters. The van der Waals surface area contributed by atoms with Crippen molar-refractivity contribution in [3.63, 3.8) is 0 Å². The molecule has 2 amide bonds. The van der Waals surface area contributed by atoms with Crippen LogP contribution in [0.2, 0.25) is 0 Å². The van der Waals surface area contributed by atoms with E-state index in [4.69, 9.17) is 4.74 Å². The molecule has 0 spiro atoms. The van der Waals surface area contributed by atoms with Gasteiger partial charge in [0.25, 0.3) is 10.2 Å². The summed E-state index contributed by atoms with van der Waals surface area (Å²) >= 11 is 0.877. The molecule has 0 aromatic heterocycles. The second-order valence-corrected chi connectivity index (χ2v) is 8.37. The SMILES string of the molecule is C[C@H](CSC(=O)CNC(=O)CCCO[N+](=O)[O-])C(=O)N1CCC[C@H]1C(=O)OCCCO[N+](=O)[O-]. The first-order valence-electron chi connectivity index (χ1n) is 10.6. The van der Waals surface area contributed by atoms with E-state index in [-0.39, 0.29) is 62.4 Å². The number of hydrogen-bond donors (Lipinski definition) is 1. The number of nitrogens with zero attached hydrogens (tertiary/aromatic N) is 3. The summed E-state index contributed by atoms with van der Waals surface area (Å²) in [5, 5.41) is 20.3. The molecule has 1 aliphatic rings. The Hall–Kier alpha value is -3.17. The van der Waals surface area contributed by atoms with Gasteiger partial charge in [0.05, 0.1) is 26.4 Å². The lowest BCUT2D eigenvalue weighted by atomic mass is 10.1. The molecule has 0 radical (unpaired) electrons. The molecule has 1 fully saturated rings. The fourth-order valence-corrected chi connectivity index (χ4v) is 3.75. The maximum Gasteiger partial charge on any atom is 0.328 e. The average Bonchev–Trinajstić information content (AvgIpc) is 3.27. The predicted molar refractivity (Wildman–Crippen MR) is 115 cm³/mol. The summed E-state index contributed by atoms with van der Waals surface area (Å²) in [4.78, 5) is 78.4. The smallest absolute Gasteiger partial charge is 0.328 e. The van der Waals surface area contributed by atoms with Crippen molar-refractivity contribution in [2.24, 2.45) is 5.92 Å². The van der Waals surface area contributed by atoms with Gasteiger partial charge in [-0.1, -0.05) is 18.7 Å². The van der Waals surface area contributed by atoms with E-state index in [0.29, 0.717) is 19.4 Å². The number of ether oxygens (including phenoxy) is 1. The number of likely N-dealkylation sites (tertiary alicyclic amines) is 1. The first kappa shape index (κ1) is 28.9. The topological polar surface area (TPSA) is 198 Å². The molecule has 34 heavy (non-hydrogen) atoms. The maximum atomic E-state index is 12.8. The van der Waals surface area contributed by atoms with Crippen LogP contribution in [-0.4, -0.2) is 82.7 Å². The van der Waals surface area contributed by atoms with E-state index in [0.717, 1.165) is 11.8 Å². The number of carbonyl (C=O) groups is 4. The summed E-state index contributed by atoms with van der Waals surface area (Å²) in [5.41, 5.74) is 0. The van der Waals surface area contributed by atoms with Crippen LogP contribution in [0.5, 0.6) is 0 Å². The number of carbonyl (C=O) groups excluding carboxylic acids is 4. The van der Waals surface area contributed by atoms with E-state index in [9.17, 15) is 39.4 Å². The van der Waals surface area contributed by atoms with E-state index in [2.05, 4.69) is 15.0 Å². The predicted octanol–water partition coefficient (Wildman–Crippen LogP) is 0.120. The molecular weight excluding hydrogens is 480 g/mol. The summed E-state index contributed by atoms with van der Waals surface area (Å²) in [5.74, 6) is -1.75. The summed E-state index contributed by atoms with van der Waals surface area (Å²) in [6.45, 7) is 1.27. The van der Waals surface area contributed by atoms with Crippen LogP contribution >= 0.6 is 11.8 Å². The molecule has 16 heteroatoms. The number of nitrogens with one attached hydrogen (secondary N) is 1. The van der Waals surface area contributed by atoms with Gasteiger partial charge in [0.1, 0.15) is 6.04 Å². The quantitative estimate of drug-likeness (QED) is 0.128. The standard InChI is InChI=1S/C18H28N4O11S/c1-13(12-34-16(24)11-19-15(23)6-3-9-32-21(27)28)17(25)20-7-2-5-14(20)18(26)31-8-4-10-33-22(29)30/h13-14H,2-12H2,1H3,(H,19,23)/t13-,14+/m1/s1. The highest BCUT2D eigenvalue weighted by Gasteiger charge is 2.37. The van der Waals surface area contributed by atoms with Crippen LogP contribution in [0.4, 0.5) is 0 Å². The number of hydrogen-bond acceptors (Lipinski definition) is 12. The highest BCUT2D eigenvalue weighted by atomic mass is 32.2. The van der Waals surface area contributed by atoms with Gasteiger partial charge in [0.15, 0.2) is 0 Å². The molecule has 1 saturated heterocycles. The second-order valence-electron chi connectivity index (χ2n) is 7.29. The molecule has 1 N–H and O–H groups in total. The lowest BCUT2D eigenvalue weighted by Crippen LogP contribution is -2.44. The summed E-state index contributed by atoms with van der Waals surface area (Å²) < 4.78 is 5.09. The Morgan fingerprint density at radius 1 is 1.09 bits per heavy atom. The van der Waals surface area contributed by atoms with Crippen molar-refractivity contribution in [3.05, 3.63) is 20.2 Å². The molecule has 1 heterocycles. The molecule has 1 rings (SSSR count). The van der Waals surface area contributed by atoms with Gasteiger partial charge in [-0.15, -0.1) is 20.2 Å². The number of thioether (sulfide) groups is 1. The van der Waals surface area contributed by atoms with Crippen molar-refractivity contribution in [2.75, 3.05) is 38.7 Å². The highest BCUT2D eigenvalue weighted by Crippen LogP contribution is 2.22. The normalized spacial score (nSPS) is 15.8. The van der Waals surface area contributed by atoms with E-state index in [1.165, 1.54) is 4.90 Å². The minimum atomic E-state index is -0.953. The third kappa shape index (κ3) is 11.6. The maximum absolute atomic E-state index is 12.8. The highest BCUT2D eigenvalue weighted by molar-refractivity contribution is 8.13. The van der Waals surface area contributed by atoms with Crippen molar-refractivity contribution in [1.82, 2.24) is 10.2 Å². The van der Waals surface area contributed by atoms with Crippen LogP contribution in [0.15, 0.2) is 0 Å². The average molecular weight is 509 g/mol. The Morgan fingerprint density at radius 2 is 1.74 bits per heavy atom. The van der Waals surface area contributed by atoms with Crippen LogP contribution < -0.4 is 5.32 Å². The largest absolute Gasteiger partial charge is 0.464 e. The molecule has 192 valence electrons. The Bertz CT molecular complexity index is 751. The van der Waals surface area contributed by atoms with Crippen LogP contribution in [0, 0.1) is 26.1 Å². The van der Waals surface area contributed by atoms with Crippen molar-refractivity contribution < 1.29 is 43.8 Å². The zero-order valence-corrected chi connectivity index (χ0v) is 19.5. The fourth-order valence-electron chi connectivity index (χ4n) is 3.00. The van der Waals surface area contributed by atoms with Crippen LogP contribution in [-0.2, 0) is 33.6 Å². The van der Waals surface area contributed by atoms with Crippen molar-refractivity contribution >= 4 is 34.7 Å². The lowest BCUT2D eigenvalue weighted by Gasteiger charge is -2.26. The molecule has 0 bridgehead atoms. The van der Waals surface area contributed by atoms with Gasteiger partial charge < -0.3 is 24.6 Å². The van der Waals surface area contributed by atoms with E-state index in [1.807, 2.05) is 0 Å². The molecule has 1 aliphatic heterocycles. The van der Waals surface area contributed by atoms with Gasteiger partial charge in [-0.3, -0.25) is 14.4 Å². The summed E-state index contributed by atoms with van der Waals surface area (Å²) in [6, 6.07) is -0.745. The first-order chi connectivity index (χ1) is 16.1. The second kappa shape index (κ2) is 15.6. The fraction of sp³-hybridized carbons (Fsp3) is 0.778. The minimum Gasteiger partial charge on any atom is -0.464 e. The third-order valence-corrected chi connectivity index (χ3v) is 5.76. The van der Waals surface area contributed by atoms with Gasteiger partial charge in [0.2, 0.25) is 16.9 Å². The number of esters is 1. The first-order valence-corrected chi connectivity index (χ1v) is 11.5. The van der Waals surface area contributed by atoms with Crippen LogP contribution in [0.1, 0.15) is 39.0 Å². The molecular formula is C18H28N4O11S. The Labute approximate surface area is 199 Å². The van der Waals surface area contributed by atoms with Crippen LogP contribution in [0.3, 0.4) is 0 Å². The van der Waals surface area contributed by atoms with E-state index in [1.54, 1.807) is 6.92 Å². The van der Waals surface area contributed by atoms with Gasteiger partial charge in [0, 0.05) is 31.1 Å². The van der Waals surface area contributed by atoms with E-state index < -0.39 is 34.0 Å².